The lowest BCUT2D eigenvalue weighted by atomic mass is 9.90. The third-order valence-corrected chi connectivity index (χ3v) is 5.28. The molecule has 0 saturated carbocycles. The zero-order valence-electron chi connectivity index (χ0n) is 17.8. The second-order valence-corrected chi connectivity index (χ2v) is 7.82. The molecule has 0 aliphatic carbocycles. The minimum atomic E-state index is -0.872. The summed E-state index contributed by atoms with van der Waals surface area (Å²) in [5.41, 5.74) is 1.03. The number of carbonyl (C=O) groups is 3. The van der Waals surface area contributed by atoms with Crippen molar-refractivity contribution in [2.45, 2.75) is 31.3 Å². The molecule has 0 saturated heterocycles. The van der Waals surface area contributed by atoms with Crippen LogP contribution in [-0.4, -0.2) is 48.3 Å². The SMILES string of the molecule is C[C@H](N[C@@H]1C(=O)N(C)CC=C[C@@H]1c1ccccc1)C(=O)NC(=O)Cc1cc(F)cc(F)c1. The number of imide groups is 1. The number of carbonyl (C=O) groups excluding carboxylic acids is 3. The summed E-state index contributed by atoms with van der Waals surface area (Å²) >= 11 is 0. The predicted molar refractivity (Wildman–Crippen MR) is 116 cm³/mol. The number of benzene rings is 2. The van der Waals surface area contributed by atoms with Crippen molar-refractivity contribution in [3.63, 3.8) is 0 Å². The van der Waals surface area contributed by atoms with Crippen LogP contribution in [0.3, 0.4) is 0 Å². The van der Waals surface area contributed by atoms with Crippen molar-refractivity contribution in [3.05, 3.63) is 83.4 Å². The maximum absolute atomic E-state index is 13.3. The Labute approximate surface area is 185 Å². The first-order valence-electron chi connectivity index (χ1n) is 10.3. The summed E-state index contributed by atoms with van der Waals surface area (Å²) in [6.45, 7) is 2.00. The Bertz CT molecular complexity index is 1010. The largest absolute Gasteiger partial charge is 0.341 e. The molecule has 8 heteroatoms. The lowest BCUT2D eigenvalue weighted by Gasteiger charge is -2.29. The van der Waals surface area contributed by atoms with Gasteiger partial charge in [-0.1, -0.05) is 42.5 Å². The lowest BCUT2D eigenvalue weighted by Crippen LogP contribution is -2.54. The van der Waals surface area contributed by atoms with Gasteiger partial charge in [0.05, 0.1) is 18.5 Å². The zero-order valence-corrected chi connectivity index (χ0v) is 17.8. The van der Waals surface area contributed by atoms with E-state index >= 15 is 0 Å². The lowest BCUT2D eigenvalue weighted by molar-refractivity contribution is -0.133. The summed E-state index contributed by atoms with van der Waals surface area (Å²) in [6, 6.07) is 10.6. The smallest absolute Gasteiger partial charge is 0.243 e. The molecular weight excluding hydrogens is 416 g/mol. The van der Waals surface area contributed by atoms with Crippen molar-refractivity contribution in [1.82, 2.24) is 15.5 Å². The molecule has 3 rings (SSSR count). The Morgan fingerprint density at radius 3 is 2.44 bits per heavy atom. The number of amides is 3. The van der Waals surface area contributed by atoms with Crippen LogP contribution in [0, 0.1) is 11.6 Å². The molecule has 1 heterocycles. The molecule has 0 radical (unpaired) electrons. The molecule has 0 spiro atoms. The van der Waals surface area contributed by atoms with Crippen LogP contribution in [0.25, 0.3) is 0 Å². The third kappa shape index (κ3) is 5.85. The molecule has 0 bridgehead atoms. The van der Waals surface area contributed by atoms with Gasteiger partial charge in [-0.15, -0.1) is 0 Å². The number of likely N-dealkylation sites (N-methyl/N-ethyl adjacent to an activating group) is 1. The van der Waals surface area contributed by atoms with E-state index in [-0.39, 0.29) is 23.8 Å². The quantitative estimate of drug-likeness (QED) is 0.675. The van der Waals surface area contributed by atoms with Gasteiger partial charge in [-0.05, 0) is 30.2 Å². The molecule has 0 aromatic heterocycles. The van der Waals surface area contributed by atoms with Crippen LogP contribution in [0.5, 0.6) is 0 Å². The summed E-state index contributed by atoms with van der Waals surface area (Å²) in [5.74, 6) is -3.41. The normalized spacial score (nSPS) is 19.4. The Morgan fingerprint density at radius 1 is 1.12 bits per heavy atom. The second-order valence-electron chi connectivity index (χ2n) is 7.82. The van der Waals surface area contributed by atoms with Crippen molar-refractivity contribution in [1.29, 1.82) is 0 Å². The molecule has 3 amide bonds. The first kappa shape index (κ1) is 23.3. The molecule has 2 aromatic carbocycles. The Morgan fingerprint density at radius 2 is 1.78 bits per heavy atom. The fourth-order valence-corrected chi connectivity index (χ4v) is 3.64. The second kappa shape index (κ2) is 10.3. The molecule has 168 valence electrons. The van der Waals surface area contributed by atoms with Crippen LogP contribution in [0.1, 0.15) is 24.0 Å². The topological polar surface area (TPSA) is 78.5 Å². The summed E-state index contributed by atoms with van der Waals surface area (Å²) in [4.78, 5) is 39.3. The van der Waals surface area contributed by atoms with E-state index in [0.717, 1.165) is 17.7 Å². The van der Waals surface area contributed by atoms with Crippen molar-refractivity contribution in [2.75, 3.05) is 13.6 Å². The predicted octanol–water partition coefficient (Wildman–Crippen LogP) is 2.31. The molecule has 0 unspecified atom stereocenters. The minimum absolute atomic E-state index is 0.114. The summed E-state index contributed by atoms with van der Waals surface area (Å²) in [6.07, 6.45) is 3.49. The van der Waals surface area contributed by atoms with Crippen LogP contribution >= 0.6 is 0 Å². The van der Waals surface area contributed by atoms with Crippen LogP contribution in [0.15, 0.2) is 60.7 Å². The maximum Gasteiger partial charge on any atom is 0.243 e. The minimum Gasteiger partial charge on any atom is -0.341 e. The highest BCUT2D eigenvalue weighted by molar-refractivity contribution is 5.98. The van der Waals surface area contributed by atoms with Gasteiger partial charge in [0.15, 0.2) is 0 Å². The van der Waals surface area contributed by atoms with E-state index in [2.05, 4.69) is 10.6 Å². The highest BCUT2D eigenvalue weighted by atomic mass is 19.1. The first-order valence-corrected chi connectivity index (χ1v) is 10.3. The molecule has 2 aromatic rings. The molecule has 32 heavy (non-hydrogen) atoms. The Kier molecular flexibility index (Phi) is 7.48. The van der Waals surface area contributed by atoms with E-state index in [4.69, 9.17) is 0 Å². The molecule has 1 aliphatic heterocycles. The van der Waals surface area contributed by atoms with Crippen LogP contribution < -0.4 is 10.6 Å². The van der Waals surface area contributed by atoms with Gasteiger partial charge in [-0.2, -0.15) is 0 Å². The van der Waals surface area contributed by atoms with Crippen LogP contribution in [0.4, 0.5) is 8.78 Å². The zero-order chi connectivity index (χ0) is 23.3. The van der Waals surface area contributed by atoms with Gasteiger partial charge in [0.25, 0.3) is 0 Å². The van der Waals surface area contributed by atoms with Gasteiger partial charge in [0.1, 0.15) is 11.6 Å². The average Bonchev–Trinajstić information content (AvgIpc) is 2.87. The Hall–Kier alpha value is -3.39. The summed E-state index contributed by atoms with van der Waals surface area (Å²) < 4.78 is 26.6. The number of rotatable bonds is 6. The third-order valence-electron chi connectivity index (χ3n) is 5.28. The van der Waals surface area contributed by atoms with Crippen molar-refractivity contribution in [2.24, 2.45) is 0 Å². The van der Waals surface area contributed by atoms with E-state index in [9.17, 15) is 23.2 Å². The summed E-state index contributed by atoms with van der Waals surface area (Å²) in [7, 11) is 1.68. The van der Waals surface area contributed by atoms with E-state index in [1.54, 1.807) is 18.9 Å². The average molecular weight is 441 g/mol. The Balaban J connectivity index is 1.69. The number of hydrogen-bond acceptors (Lipinski definition) is 4. The van der Waals surface area contributed by atoms with Gasteiger partial charge in [-0.3, -0.25) is 25.0 Å². The summed E-state index contributed by atoms with van der Waals surface area (Å²) in [5, 5.41) is 5.27. The van der Waals surface area contributed by atoms with E-state index in [1.165, 1.54) is 0 Å². The van der Waals surface area contributed by atoms with Gasteiger partial charge < -0.3 is 4.90 Å². The highest BCUT2D eigenvalue weighted by Gasteiger charge is 2.34. The van der Waals surface area contributed by atoms with E-state index in [0.29, 0.717) is 12.6 Å². The number of nitrogens with one attached hydrogen (secondary N) is 2. The van der Waals surface area contributed by atoms with E-state index < -0.39 is 35.5 Å². The van der Waals surface area contributed by atoms with E-state index in [1.807, 2.05) is 42.5 Å². The first-order chi connectivity index (χ1) is 15.2. The van der Waals surface area contributed by atoms with Crippen molar-refractivity contribution < 1.29 is 23.2 Å². The van der Waals surface area contributed by atoms with Crippen LogP contribution in [-0.2, 0) is 20.8 Å². The van der Waals surface area contributed by atoms with Gasteiger partial charge in [-0.25, -0.2) is 8.78 Å². The molecule has 3 atom stereocenters. The van der Waals surface area contributed by atoms with Crippen molar-refractivity contribution in [3.8, 4) is 0 Å². The monoisotopic (exact) mass is 441 g/mol. The van der Waals surface area contributed by atoms with Crippen molar-refractivity contribution >= 4 is 17.7 Å². The molecular formula is C24H25F2N3O3. The fraction of sp³-hybridized carbons (Fsp3) is 0.292. The molecule has 6 nitrogen and oxygen atoms in total. The number of nitrogens with zero attached hydrogens (tertiary/aromatic N) is 1. The molecule has 0 fully saturated rings. The highest BCUT2D eigenvalue weighted by Crippen LogP contribution is 2.25. The van der Waals surface area contributed by atoms with Gasteiger partial charge >= 0.3 is 0 Å². The standard InChI is InChI=1S/C24H25F2N3O3/c1-15(23(31)28-21(30)13-16-11-18(25)14-19(26)12-16)27-22-20(17-7-4-3-5-8-17)9-6-10-29(2)24(22)32/h3-9,11-12,14-15,20,22,27H,10,13H2,1-2H3,(H,28,30,31)/t15-,20+,22-/m0/s1. The molecule has 1 aliphatic rings. The van der Waals surface area contributed by atoms with Crippen LogP contribution in [0.2, 0.25) is 0 Å². The maximum atomic E-state index is 13.3. The van der Waals surface area contributed by atoms with Gasteiger partial charge in [0, 0.05) is 25.6 Å². The van der Waals surface area contributed by atoms with Gasteiger partial charge in [0.2, 0.25) is 17.7 Å². The number of hydrogen-bond donors (Lipinski definition) is 2. The fourth-order valence-electron chi connectivity index (χ4n) is 3.64. The molecule has 2 N–H and O–H groups in total. The number of halogens is 2.